The van der Waals surface area contributed by atoms with E-state index in [0.717, 1.165) is 35.2 Å². The van der Waals surface area contributed by atoms with Crippen molar-refractivity contribution in [2.24, 2.45) is 0 Å². The van der Waals surface area contributed by atoms with Crippen molar-refractivity contribution in [2.45, 2.75) is 38.1 Å². The third-order valence-electron chi connectivity index (χ3n) is 9.07. The first-order valence-electron chi connectivity index (χ1n) is 15.3. The third kappa shape index (κ3) is 5.08. The fourth-order valence-corrected chi connectivity index (χ4v) is 6.88. The van der Waals surface area contributed by atoms with Crippen LogP contribution in [-0.2, 0) is 19.3 Å². The van der Waals surface area contributed by atoms with Crippen molar-refractivity contribution in [2.75, 3.05) is 6.54 Å². The van der Waals surface area contributed by atoms with E-state index in [2.05, 4.69) is 15.2 Å². The number of fused-ring (bicyclic) bond motifs is 4. The molecule has 8 nitrogen and oxygen atoms in total. The van der Waals surface area contributed by atoms with E-state index in [1.807, 2.05) is 29.2 Å². The van der Waals surface area contributed by atoms with Gasteiger partial charge in [-0.15, -0.1) is 5.10 Å². The second kappa shape index (κ2) is 11.3. The van der Waals surface area contributed by atoms with Crippen molar-refractivity contribution in [3.63, 3.8) is 0 Å². The molecule has 1 atom stereocenters. The van der Waals surface area contributed by atoms with Crippen molar-refractivity contribution in [3.8, 4) is 22.6 Å². The van der Waals surface area contributed by atoms with Crippen molar-refractivity contribution in [3.05, 3.63) is 135 Å². The summed E-state index contributed by atoms with van der Waals surface area (Å²) in [6.07, 6.45) is 4.36. The number of pyridine rings is 2. The molecule has 8 rings (SSSR count). The van der Waals surface area contributed by atoms with Crippen molar-refractivity contribution in [1.82, 2.24) is 25.1 Å². The molecule has 11 heteroatoms. The van der Waals surface area contributed by atoms with Crippen molar-refractivity contribution in [1.29, 1.82) is 0 Å². The van der Waals surface area contributed by atoms with Crippen LogP contribution in [-0.4, -0.2) is 37.5 Å². The molecule has 0 aliphatic carbocycles. The molecule has 1 saturated heterocycles. The molecule has 2 aliphatic heterocycles. The van der Waals surface area contributed by atoms with Crippen LogP contribution < -0.4 is 5.76 Å². The molecular formula is C36H26F3N5O3. The third-order valence-corrected chi connectivity index (χ3v) is 9.07. The first-order chi connectivity index (χ1) is 22.8. The zero-order valence-electron chi connectivity index (χ0n) is 24.9. The molecule has 2 aliphatic rings. The van der Waals surface area contributed by atoms with E-state index in [0.29, 0.717) is 64.3 Å². The molecule has 0 radical (unpaired) electrons. The largest absolute Gasteiger partial charge is 0.434 e. The zero-order valence-corrected chi connectivity index (χ0v) is 24.9. The average Bonchev–Trinajstić information content (AvgIpc) is 3.79. The number of hydrogen-bond donors (Lipinski definition) is 1. The Balaban J connectivity index is 1.31. The summed E-state index contributed by atoms with van der Waals surface area (Å²) in [5, 5.41) is 8.06. The summed E-state index contributed by atoms with van der Waals surface area (Å²) in [5.41, 5.74) is 5.21. The molecule has 3 aromatic carbocycles. The second-order valence-electron chi connectivity index (χ2n) is 11.9. The van der Waals surface area contributed by atoms with E-state index < -0.39 is 17.4 Å². The number of benzene rings is 3. The lowest BCUT2D eigenvalue weighted by molar-refractivity contribution is 0.0776. The van der Waals surface area contributed by atoms with Gasteiger partial charge < -0.3 is 9.32 Å². The molecule has 6 aromatic rings. The van der Waals surface area contributed by atoms with Crippen LogP contribution >= 0.6 is 0 Å². The van der Waals surface area contributed by atoms with E-state index in [9.17, 15) is 22.8 Å². The number of aromatic amines is 1. The lowest BCUT2D eigenvalue weighted by atomic mass is 9.88. The van der Waals surface area contributed by atoms with Gasteiger partial charge in [-0.25, -0.2) is 23.1 Å². The van der Waals surface area contributed by atoms with E-state index in [1.165, 1.54) is 24.3 Å². The normalized spacial score (nSPS) is 15.4. The summed E-state index contributed by atoms with van der Waals surface area (Å²) in [6.45, 7) is 0.615. The van der Waals surface area contributed by atoms with E-state index >= 15 is 0 Å². The highest BCUT2D eigenvalue weighted by molar-refractivity contribution is 6.09. The summed E-state index contributed by atoms with van der Waals surface area (Å²) in [6, 6.07) is 17.0. The number of aryl methyl sites for hydroxylation is 2. The van der Waals surface area contributed by atoms with Gasteiger partial charge in [0.1, 0.15) is 17.5 Å². The van der Waals surface area contributed by atoms with Gasteiger partial charge in [-0.2, -0.15) is 0 Å². The number of H-pyrrole nitrogens is 1. The van der Waals surface area contributed by atoms with Gasteiger partial charge in [-0.05, 0) is 78.1 Å². The maximum atomic E-state index is 14.6. The van der Waals surface area contributed by atoms with Gasteiger partial charge in [0, 0.05) is 36.2 Å². The van der Waals surface area contributed by atoms with Gasteiger partial charge in [-0.3, -0.25) is 14.8 Å². The van der Waals surface area contributed by atoms with Crippen LogP contribution in [0.4, 0.5) is 13.2 Å². The summed E-state index contributed by atoms with van der Waals surface area (Å²) in [7, 11) is 0. The molecule has 0 spiro atoms. The molecule has 0 unspecified atom stereocenters. The number of carbonyl (C=O) groups is 1. The molecular weight excluding hydrogens is 607 g/mol. The maximum Gasteiger partial charge on any atom is 0.434 e. The minimum Gasteiger partial charge on any atom is -0.388 e. The Morgan fingerprint density at radius 3 is 2.49 bits per heavy atom. The average molecular weight is 634 g/mol. The molecule has 1 fully saturated rings. The smallest absolute Gasteiger partial charge is 0.388 e. The van der Waals surface area contributed by atoms with E-state index in [1.54, 1.807) is 18.3 Å². The Bertz CT molecular complexity index is 2260. The molecule has 0 saturated carbocycles. The second-order valence-corrected chi connectivity index (χ2v) is 11.9. The number of nitrogens with one attached hydrogen (secondary N) is 1. The molecule has 234 valence electrons. The summed E-state index contributed by atoms with van der Waals surface area (Å²) < 4.78 is 47.2. The molecule has 3 aromatic heterocycles. The van der Waals surface area contributed by atoms with E-state index in [-0.39, 0.29) is 30.1 Å². The Morgan fingerprint density at radius 2 is 1.70 bits per heavy atom. The monoisotopic (exact) mass is 633 g/mol. The number of hydrogen-bond acceptors (Lipinski definition) is 6. The van der Waals surface area contributed by atoms with Gasteiger partial charge in [0.25, 0.3) is 11.8 Å². The van der Waals surface area contributed by atoms with Crippen LogP contribution in [0.15, 0.2) is 82.1 Å². The van der Waals surface area contributed by atoms with Gasteiger partial charge in [0.05, 0.1) is 34.3 Å². The van der Waals surface area contributed by atoms with Crippen LogP contribution in [0.3, 0.4) is 0 Å². The molecule has 1 amide bonds. The summed E-state index contributed by atoms with van der Waals surface area (Å²) >= 11 is 0. The number of halogens is 3. The predicted molar refractivity (Wildman–Crippen MR) is 167 cm³/mol. The molecule has 47 heavy (non-hydrogen) atoms. The minimum absolute atomic E-state index is 0.0107. The highest BCUT2D eigenvalue weighted by atomic mass is 19.1. The number of nitrogens with zero attached hydrogens (tertiary/aromatic N) is 4. The Labute approximate surface area is 265 Å². The highest BCUT2D eigenvalue weighted by Gasteiger charge is 2.44. The summed E-state index contributed by atoms with van der Waals surface area (Å²) in [4.78, 5) is 37.6. The molecule has 1 N–H and O–H groups in total. The lowest BCUT2D eigenvalue weighted by Gasteiger charge is -2.18. The number of rotatable bonds is 7. The van der Waals surface area contributed by atoms with Gasteiger partial charge in [-0.1, -0.05) is 30.3 Å². The first-order valence-corrected chi connectivity index (χ1v) is 15.3. The van der Waals surface area contributed by atoms with Crippen LogP contribution in [0, 0.1) is 17.5 Å². The van der Waals surface area contributed by atoms with Crippen LogP contribution in [0.1, 0.15) is 57.5 Å². The SMILES string of the molecule is O=C1c2c(nc(CCc3ccc(F)cc3)c(-c3n[nH]c(=O)o3)c2-c2ccc3c(Cc4ccc(F)cc4F)nccc3c2)[C@@H]2CCCN12. The van der Waals surface area contributed by atoms with Crippen LogP contribution in [0.2, 0.25) is 0 Å². The van der Waals surface area contributed by atoms with E-state index in [4.69, 9.17) is 9.40 Å². The Kier molecular flexibility index (Phi) is 6.96. The fraction of sp³-hybridized carbons (Fsp3) is 0.194. The quantitative estimate of drug-likeness (QED) is 0.209. The lowest BCUT2D eigenvalue weighted by Crippen LogP contribution is -2.23. The zero-order chi connectivity index (χ0) is 32.2. The highest BCUT2D eigenvalue weighted by Crippen LogP contribution is 2.48. The maximum absolute atomic E-state index is 14.6. The topological polar surface area (TPSA) is 105 Å². The van der Waals surface area contributed by atoms with Gasteiger partial charge in [0.2, 0.25) is 0 Å². The standard InChI is InChI=1S/C36H26F3N5O3/c37-23-8-3-19(4-9-23)5-12-27-31(34-42-43-36(46)47-34)30(32-33(41-27)29-2-1-15-44(29)35(32)45)22-7-11-25-20(16-22)13-14-40-28(25)17-21-6-10-24(38)18-26(21)39/h3-4,6-11,13-14,16,18,29H,1-2,5,12,15,17H2,(H,43,46)/t29-/m0/s1. The molecule has 5 heterocycles. The Hall–Kier alpha value is -5.58. The van der Waals surface area contributed by atoms with Crippen molar-refractivity contribution >= 4 is 16.7 Å². The Morgan fingerprint density at radius 1 is 0.872 bits per heavy atom. The number of aromatic nitrogens is 4. The van der Waals surface area contributed by atoms with Gasteiger partial charge in [0.15, 0.2) is 0 Å². The number of carbonyl (C=O) groups excluding carboxylic acids is 1. The fourth-order valence-electron chi connectivity index (χ4n) is 6.88. The first kappa shape index (κ1) is 28.9. The van der Waals surface area contributed by atoms with Crippen LogP contribution in [0.25, 0.3) is 33.4 Å². The van der Waals surface area contributed by atoms with Crippen molar-refractivity contribution < 1.29 is 22.4 Å². The predicted octanol–water partition coefficient (Wildman–Crippen LogP) is 6.72. The number of amides is 1. The molecule has 0 bridgehead atoms. The van der Waals surface area contributed by atoms with Gasteiger partial charge >= 0.3 is 5.76 Å². The van der Waals surface area contributed by atoms with Crippen LogP contribution in [0.5, 0.6) is 0 Å². The summed E-state index contributed by atoms with van der Waals surface area (Å²) in [5.74, 6) is -2.51. The minimum atomic E-state index is -0.745.